The number of hydrogen-bond acceptors (Lipinski definition) is 2. The van der Waals surface area contributed by atoms with Crippen molar-refractivity contribution in [2.75, 3.05) is 13.1 Å². The smallest absolute Gasteiger partial charge is 0.307 e. The number of benzene rings is 2. The molecule has 0 saturated carbocycles. The molecule has 0 radical (unpaired) electrons. The van der Waals surface area contributed by atoms with Crippen molar-refractivity contribution in [2.24, 2.45) is 5.41 Å². The summed E-state index contributed by atoms with van der Waals surface area (Å²) in [6.07, 6.45) is 1.08. The van der Waals surface area contributed by atoms with Crippen LogP contribution < -0.4 is 0 Å². The molecule has 1 heterocycles. The maximum atomic E-state index is 11.6. The van der Waals surface area contributed by atoms with Gasteiger partial charge in [-0.1, -0.05) is 50.6 Å². The molecule has 0 bridgehead atoms. The van der Waals surface area contributed by atoms with E-state index < -0.39 is 5.97 Å². The molecule has 1 N–H and O–H groups in total. The second-order valence-electron chi connectivity index (χ2n) is 9.52. The summed E-state index contributed by atoms with van der Waals surface area (Å²) >= 11 is 0. The van der Waals surface area contributed by atoms with Crippen LogP contribution >= 0.6 is 0 Å². The summed E-state index contributed by atoms with van der Waals surface area (Å²) in [7, 11) is 0. The van der Waals surface area contributed by atoms with Crippen LogP contribution in [0.1, 0.15) is 54.2 Å². The van der Waals surface area contributed by atoms with E-state index in [1.807, 2.05) is 0 Å². The first-order valence-corrected chi connectivity index (χ1v) is 10.2. The minimum Gasteiger partial charge on any atom is -0.481 e. The van der Waals surface area contributed by atoms with E-state index in [2.05, 4.69) is 70.7 Å². The van der Waals surface area contributed by atoms with Crippen molar-refractivity contribution in [1.82, 2.24) is 4.90 Å². The van der Waals surface area contributed by atoms with E-state index in [-0.39, 0.29) is 11.8 Å². The van der Waals surface area contributed by atoms with Gasteiger partial charge in [-0.2, -0.15) is 0 Å². The van der Waals surface area contributed by atoms with Gasteiger partial charge in [0.1, 0.15) is 0 Å². The monoisotopic (exact) mass is 379 g/mol. The van der Waals surface area contributed by atoms with Gasteiger partial charge in [-0.05, 0) is 71.6 Å². The summed E-state index contributed by atoms with van der Waals surface area (Å²) in [4.78, 5) is 14.2. The van der Waals surface area contributed by atoms with Crippen molar-refractivity contribution in [3.8, 4) is 11.1 Å². The Morgan fingerprint density at radius 3 is 2.25 bits per heavy atom. The highest BCUT2D eigenvalue weighted by Gasteiger charge is 2.27. The van der Waals surface area contributed by atoms with Gasteiger partial charge < -0.3 is 5.11 Å². The number of hydrogen-bond donors (Lipinski definition) is 1. The average Bonchev–Trinajstić information content (AvgIpc) is 2.59. The molecule has 150 valence electrons. The fourth-order valence-electron chi connectivity index (χ4n) is 4.61. The van der Waals surface area contributed by atoms with Crippen LogP contribution in [-0.4, -0.2) is 29.1 Å². The zero-order chi connectivity index (χ0) is 20.6. The summed E-state index contributed by atoms with van der Waals surface area (Å²) in [6, 6.07) is 8.48. The Morgan fingerprint density at radius 1 is 1.04 bits per heavy atom. The fourth-order valence-corrected chi connectivity index (χ4v) is 4.61. The molecular formula is C25H33NO2. The van der Waals surface area contributed by atoms with Gasteiger partial charge in [-0.25, -0.2) is 0 Å². The number of aryl methyl sites for hydroxylation is 1. The molecule has 0 amide bonds. The third-order valence-corrected chi connectivity index (χ3v) is 5.82. The van der Waals surface area contributed by atoms with Gasteiger partial charge in [-0.15, -0.1) is 0 Å². The fraction of sp³-hybridized carbons (Fsp3) is 0.480. The molecule has 2 aromatic carbocycles. The quantitative estimate of drug-likeness (QED) is 0.782. The van der Waals surface area contributed by atoms with Crippen molar-refractivity contribution in [3.05, 3.63) is 57.6 Å². The van der Waals surface area contributed by atoms with Crippen LogP contribution in [0.3, 0.4) is 0 Å². The van der Waals surface area contributed by atoms with Crippen LogP contribution in [0.2, 0.25) is 0 Å². The molecule has 0 unspecified atom stereocenters. The third-order valence-electron chi connectivity index (χ3n) is 5.82. The predicted octanol–water partition coefficient (Wildman–Crippen LogP) is 5.31. The standard InChI is InChI=1S/C25H33NO2/c1-16-7-9-19(10-8-16)24-18(3)22-14-26(15-25(4,5)6)12-11-20(22)17(2)21(24)13-23(27)28/h7-10H,11-15H2,1-6H3,(H,27,28). The van der Waals surface area contributed by atoms with Crippen LogP contribution in [-0.2, 0) is 24.2 Å². The predicted molar refractivity (Wildman–Crippen MR) is 116 cm³/mol. The van der Waals surface area contributed by atoms with Crippen LogP contribution in [0.25, 0.3) is 11.1 Å². The molecule has 0 saturated heterocycles. The van der Waals surface area contributed by atoms with E-state index >= 15 is 0 Å². The summed E-state index contributed by atoms with van der Waals surface area (Å²) in [5.74, 6) is -0.763. The first kappa shape index (κ1) is 20.6. The molecule has 0 spiro atoms. The molecule has 2 aromatic rings. The van der Waals surface area contributed by atoms with Crippen molar-refractivity contribution in [1.29, 1.82) is 0 Å². The van der Waals surface area contributed by atoms with Gasteiger partial charge in [0.2, 0.25) is 0 Å². The zero-order valence-corrected chi connectivity index (χ0v) is 18.1. The minimum absolute atomic E-state index is 0.0782. The third kappa shape index (κ3) is 4.30. The number of aliphatic carboxylic acids is 1. The van der Waals surface area contributed by atoms with E-state index in [4.69, 9.17) is 0 Å². The second kappa shape index (κ2) is 7.71. The topological polar surface area (TPSA) is 40.5 Å². The highest BCUT2D eigenvalue weighted by atomic mass is 16.4. The van der Waals surface area contributed by atoms with Crippen LogP contribution in [0, 0.1) is 26.2 Å². The molecule has 0 atom stereocenters. The molecule has 3 rings (SSSR count). The number of carboxylic acids is 1. The number of carbonyl (C=O) groups is 1. The zero-order valence-electron chi connectivity index (χ0n) is 18.1. The molecule has 3 nitrogen and oxygen atoms in total. The molecule has 3 heteroatoms. The highest BCUT2D eigenvalue weighted by Crippen LogP contribution is 2.38. The summed E-state index contributed by atoms with van der Waals surface area (Å²) in [5.41, 5.74) is 9.91. The van der Waals surface area contributed by atoms with Crippen LogP contribution in [0.5, 0.6) is 0 Å². The molecule has 0 aliphatic carbocycles. The van der Waals surface area contributed by atoms with Gasteiger partial charge >= 0.3 is 5.97 Å². The van der Waals surface area contributed by atoms with Gasteiger partial charge in [0.05, 0.1) is 6.42 Å². The maximum Gasteiger partial charge on any atom is 0.307 e. The van der Waals surface area contributed by atoms with Gasteiger partial charge in [0.25, 0.3) is 0 Å². The summed E-state index contributed by atoms with van der Waals surface area (Å²) in [6.45, 7) is 16.3. The SMILES string of the molecule is Cc1ccc(-c2c(C)c3c(c(C)c2CC(=O)O)CCN(CC(C)(C)C)C3)cc1. The number of nitrogens with zero attached hydrogens (tertiary/aromatic N) is 1. The molecule has 1 aliphatic rings. The first-order valence-electron chi connectivity index (χ1n) is 10.2. The van der Waals surface area contributed by atoms with Crippen molar-refractivity contribution in [3.63, 3.8) is 0 Å². The van der Waals surface area contributed by atoms with Crippen molar-refractivity contribution >= 4 is 5.97 Å². The molecule has 0 aromatic heterocycles. The van der Waals surface area contributed by atoms with Gasteiger partial charge in [0.15, 0.2) is 0 Å². The molecule has 28 heavy (non-hydrogen) atoms. The Kier molecular flexibility index (Phi) is 5.67. The maximum absolute atomic E-state index is 11.6. The summed E-state index contributed by atoms with van der Waals surface area (Å²) < 4.78 is 0. The molecular weight excluding hydrogens is 346 g/mol. The van der Waals surface area contributed by atoms with E-state index in [0.29, 0.717) is 0 Å². The lowest BCUT2D eigenvalue weighted by molar-refractivity contribution is -0.136. The molecule has 1 aliphatic heterocycles. The lowest BCUT2D eigenvalue weighted by atomic mass is 9.80. The number of fused-ring (bicyclic) bond motifs is 1. The Hall–Kier alpha value is -2.13. The van der Waals surface area contributed by atoms with E-state index in [1.165, 1.54) is 27.8 Å². The average molecular weight is 380 g/mol. The largest absolute Gasteiger partial charge is 0.481 e. The van der Waals surface area contributed by atoms with Gasteiger partial charge in [0, 0.05) is 19.6 Å². The number of carboxylic acid groups (broad SMARTS) is 1. The summed E-state index contributed by atoms with van der Waals surface area (Å²) in [5, 5.41) is 9.56. The lowest BCUT2D eigenvalue weighted by Gasteiger charge is -2.36. The van der Waals surface area contributed by atoms with Gasteiger partial charge in [-0.3, -0.25) is 9.69 Å². The van der Waals surface area contributed by atoms with Crippen LogP contribution in [0.4, 0.5) is 0 Å². The first-order chi connectivity index (χ1) is 13.1. The van der Waals surface area contributed by atoms with Crippen LogP contribution in [0.15, 0.2) is 24.3 Å². The Morgan fingerprint density at radius 2 is 1.68 bits per heavy atom. The lowest BCUT2D eigenvalue weighted by Crippen LogP contribution is -2.37. The van der Waals surface area contributed by atoms with E-state index in [9.17, 15) is 9.90 Å². The van der Waals surface area contributed by atoms with Crippen molar-refractivity contribution < 1.29 is 9.90 Å². The normalized spacial score (nSPS) is 14.8. The van der Waals surface area contributed by atoms with E-state index in [1.54, 1.807) is 0 Å². The van der Waals surface area contributed by atoms with E-state index in [0.717, 1.165) is 42.7 Å². The Bertz CT molecular complexity index is 888. The highest BCUT2D eigenvalue weighted by molar-refractivity contribution is 5.81. The van der Waals surface area contributed by atoms with Crippen molar-refractivity contribution in [2.45, 2.75) is 60.9 Å². The minimum atomic E-state index is -0.763. The number of rotatable bonds is 4. The second-order valence-corrected chi connectivity index (χ2v) is 9.52. The Labute approximate surface area is 169 Å². The molecule has 0 fully saturated rings. The Balaban J connectivity index is 2.15.